The van der Waals surface area contributed by atoms with E-state index >= 15 is 0 Å². The van der Waals surface area contributed by atoms with Crippen LogP contribution in [0.1, 0.15) is 19.4 Å². The van der Waals surface area contributed by atoms with Gasteiger partial charge in [0.05, 0.1) is 31.9 Å². The zero-order valence-electron chi connectivity index (χ0n) is 23.9. The molecule has 0 saturated heterocycles. The van der Waals surface area contributed by atoms with Gasteiger partial charge < -0.3 is 24.4 Å². The molecule has 2 amide bonds. The molecule has 10 nitrogen and oxygen atoms in total. The molecule has 42 heavy (non-hydrogen) atoms. The molecule has 0 spiro atoms. The Morgan fingerprint density at radius 2 is 1.60 bits per heavy atom. The van der Waals surface area contributed by atoms with E-state index < -0.39 is 40.2 Å². The molecule has 226 valence electrons. The van der Waals surface area contributed by atoms with Crippen molar-refractivity contribution in [2.24, 2.45) is 0 Å². The Kier molecular flexibility index (Phi) is 11.0. The average Bonchev–Trinajstić information content (AvgIpc) is 2.98. The SMILES string of the molecule is CCNC(=O)C(C)N(Cc1ccccc1F)C(=O)CN(c1cc(Cl)ccc1OC)S(=O)(=O)c1ccc(OC)c(OC)c1. The first kappa shape index (κ1) is 32.5. The minimum Gasteiger partial charge on any atom is -0.495 e. The Balaban J connectivity index is 2.16. The molecule has 0 radical (unpaired) electrons. The van der Waals surface area contributed by atoms with Crippen molar-refractivity contribution in [3.05, 3.63) is 77.1 Å². The molecule has 1 atom stereocenters. The lowest BCUT2D eigenvalue weighted by Crippen LogP contribution is -2.51. The Morgan fingerprint density at radius 1 is 0.952 bits per heavy atom. The highest BCUT2D eigenvalue weighted by atomic mass is 35.5. The van der Waals surface area contributed by atoms with Crippen LogP contribution in [0.5, 0.6) is 17.2 Å². The molecule has 3 aromatic rings. The highest BCUT2D eigenvalue weighted by molar-refractivity contribution is 7.92. The maximum atomic E-state index is 14.6. The topological polar surface area (TPSA) is 114 Å². The summed E-state index contributed by atoms with van der Waals surface area (Å²) in [6, 6.07) is 13.1. The van der Waals surface area contributed by atoms with Crippen LogP contribution in [-0.4, -0.2) is 65.6 Å². The first-order valence-electron chi connectivity index (χ1n) is 12.9. The van der Waals surface area contributed by atoms with Gasteiger partial charge in [-0.2, -0.15) is 0 Å². The van der Waals surface area contributed by atoms with Crippen molar-refractivity contribution in [3.8, 4) is 17.2 Å². The Labute approximate surface area is 250 Å². The second kappa shape index (κ2) is 14.2. The van der Waals surface area contributed by atoms with Gasteiger partial charge in [0.25, 0.3) is 10.0 Å². The van der Waals surface area contributed by atoms with E-state index in [9.17, 15) is 22.4 Å². The smallest absolute Gasteiger partial charge is 0.265 e. The third-order valence-electron chi connectivity index (χ3n) is 6.45. The Bertz CT molecular complexity index is 1540. The van der Waals surface area contributed by atoms with Gasteiger partial charge in [0.2, 0.25) is 11.8 Å². The molecule has 3 aromatic carbocycles. The number of nitrogens with zero attached hydrogens (tertiary/aromatic N) is 2. The Hall–Kier alpha value is -4.03. The van der Waals surface area contributed by atoms with Crippen LogP contribution >= 0.6 is 11.6 Å². The molecular formula is C29H33ClFN3O7S. The molecule has 0 fully saturated rings. The number of likely N-dealkylation sites (N-methyl/N-ethyl adjacent to an activating group) is 1. The fourth-order valence-corrected chi connectivity index (χ4v) is 5.79. The van der Waals surface area contributed by atoms with Crippen LogP contribution in [0, 0.1) is 5.82 Å². The van der Waals surface area contributed by atoms with Gasteiger partial charge in [0.15, 0.2) is 11.5 Å². The van der Waals surface area contributed by atoms with Crippen molar-refractivity contribution < 1.29 is 36.6 Å². The summed E-state index contributed by atoms with van der Waals surface area (Å²) in [5, 5.41) is 2.83. The number of anilines is 1. The van der Waals surface area contributed by atoms with Crippen molar-refractivity contribution in [1.82, 2.24) is 10.2 Å². The molecule has 0 aromatic heterocycles. The number of methoxy groups -OCH3 is 3. The first-order chi connectivity index (χ1) is 20.0. The molecule has 1 unspecified atom stereocenters. The summed E-state index contributed by atoms with van der Waals surface area (Å²) >= 11 is 6.25. The van der Waals surface area contributed by atoms with Crippen molar-refractivity contribution in [1.29, 1.82) is 0 Å². The number of halogens is 2. The number of benzene rings is 3. The zero-order valence-corrected chi connectivity index (χ0v) is 25.5. The van der Waals surface area contributed by atoms with Crippen LogP contribution < -0.4 is 23.8 Å². The second-order valence-electron chi connectivity index (χ2n) is 9.03. The molecule has 0 aliphatic carbocycles. The summed E-state index contributed by atoms with van der Waals surface area (Å²) in [7, 11) is -0.375. The standard InChI is InChI=1S/C29H33ClFN3O7S/c1-6-32-29(36)19(2)33(17-20-9-7-8-10-23(20)31)28(35)18-34(24-15-21(30)11-13-25(24)39-3)42(37,38)22-12-14-26(40-4)27(16-22)41-5/h7-16,19H,6,17-18H2,1-5H3,(H,32,36). The van der Waals surface area contributed by atoms with Gasteiger partial charge in [0.1, 0.15) is 24.2 Å². The van der Waals surface area contributed by atoms with Crippen LogP contribution in [0.25, 0.3) is 0 Å². The monoisotopic (exact) mass is 621 g/mol. The predicted octanol–water partition coefficient (Wildman–Crippen LogP) is 4.25. The van der Waals surface area contributed by atoms with Gasteiger partial charge in [-0.1, -0.05) is 29.8 Å². The number of carbonyl (C=O) groups is 2. The molecular weight excluding hydrogens is 589 g/mol. The molecule has 0 saturated carbocycles. The number of sulfonamides is 1. The summed E-state index contributed by atoms with van der Waals surface area (Å²) < 4.78 is 59.8. The first-order valence-corrected chi connectivity index (χ1v) is 14.7. The number of ether oxygens (including phenoxy) is 3. The second-order valence-corrected chi connectivity index (χ2v) is 11.3. The van der Waals surface area contributed by atoms with Gasteiger partial charge >= 0.3 is 0 Å². The quantitative estimate of drug-likeness (QED) is 0.303. The molecule has 0 aliphatic heterocycles. The van der Waals surface area contributed by atoms with E-state index in [4.69, 9.17) is 25.8 Å². The van der Waals surface area contributed by atoms with E-state index in [2.05, 4.69) is 5.32 Å². The molecule has 0 bridgehead atoms. The van der Waals surface area contributed by atoms with Gasteiger partial charge in [-0.25, -0.2) is 12.8 Å². The lowest BCUT2D eigenvalue weighted by Gasteiger charge is -2.32. The van der Waals surface area contributed by atoms with E-state index in [0.29, 0.717) is 12.3 Å². The zero-order chi connectivity index (χ0) is 31.0. The third kappa shape index (κ3) is 7.24. The van der Waals surface area contributed by atoms with Crippen LogP contribution in [0.4, 0.5) is 10.1 Å². The van der Waals surface area contributed by atoms with E-state index in [0.717, 1.165) is 9.21 Å². The van der Waals surface area contributed by atoms with E-state index in [1.807, 2.05) is 0 Å². The van der Waals surface area contributed by atoms with Crippen LogP contribution in [0.3, 0.4) is 0 Å². The van der Waals surface area contributed by atoms with Crippen molar-refractivity contribution in [2.45, 2.75) is 31.3 Å². The fourth-order valence-electron chi connectivity index (χ4n) is 4.19. The van der Waals surface area contributed by atoms with Crippen LogP contribution in [-0.2, 0) is 26.2 Å². The lowest BCUT2D eigenvalue weighted by atomic mass is 10.1. The third-order valence-corrected chi connectivity index (χ3v) is 8.44. The number of rotatable bonds is 13. The number of hydrogen-bond acceptors (Lipinski definition) is 7. The molecule has 0 aliphatic rings. The minimum absolute atomic E-state index is 0.0235. The average molecular weight is 622 g/mol. The van der Waals surface area contributed by atoms with Gasteiger partial charge in [-0.3, -0.25) is 13.9 Å². The largest absolute Gasteiger partial charge is 0.495 e. The molecule has 3 rings (SSSR count). The summed E-state index contributed by atoms with van der Waals surface area (Å²) in [6.07, 6.45) is 0. The van der Waals surface area contributed by atoms with E-state index in [1.54, 1.807) is 13.0 Å². The normalized spacial score (nSPS) is 11.8. The summed E-state index contributed by atoms with van der Waals surface area (Å²) in [6.45, 7) is 2.43. The predicted molar refractivity (Wildman–Crippen MR) is 157 cm³/mol. The van der Waals surface area contributed by atoms with Crippen molar-refractivity contribution in [2.75, 3.05) is 38.7 Å². The minimum atomic E-state index is -4.49. The molecule has 0 heterocycles. The maximum Gasteiger partial charge on any atom is 0.265 e. The van der Waals surface area contributed by atoms with Crippen molar-refractivity contribution >= 4 is 39.1 Å². The lowest BCUT2D eigenvalue weighted by molar-refractivity contribution is -0.139. The summed E-state index contributed by atoms with van der Waals surface area (Å²) in [4.78, 5) is 27.7. The number of nitrogens with one attached hydrogen (secondary N) is 1. The Morgan fingerprint density at radius 3 is 2.21 bits per heavy atom. The number of hydrogen-bond donors (Lipinski definition) is 1. The van der Waals surface area contributed by atoms with E-state index in [1.165, 1.54) is 82.9 Å². The van der Waals surface area contributed by atoms with E-state index in [-0.39, 0.29) is 39.2 Å². The number of carbonyl (C=O) groups excluding carboxylic acids is 2. The summed E-state index contributed by atoms with van der Waals surface area (Å²) in [5.41, 5.74) is 0.126. The highest BCUT2D eigenvalue weighted by Gasteiger charge is 2.34. The van der Waals surface area contributed by atoms with Crippen LogP contribution in [0.2, 0.25) is 5.02 Å². The van der Waals surface area contributed by atoms with Gasteiger partial charge in [-0.15, -0.1) is 0 Å². The number of amides is 2. The van der Waals surface area contributed by atoms with Crippen molar-refractivity contribution in [3.63, 3.8) is 0 Å². The van der Waals surface area contributed by atoms with Gasteiger partial charge in [-0.05, 0) is 50.2 Å². The highest BCUT2D eigenvalue weighted by Crippen LogP contribution is 2.37. The summed E-state index contributed by atoms with van der Waals surface area (Å²) in [5.74, 6) is -1.28. The maximum absolute atomic E-state index is 14.6. The van der Waals surface area contributed by atoms with Crippen LogP contribution in [0.15, 0.2) is 65.6 Å². The molecule has 13 heteroatoms. The fraction of sp³-hybridized carbons (Fsp3) is 0.310. The molecule has 1 N–H and O–H groups in total. The van der Waals surface area contributed by atoms with Gasteiger partial charge in [0, 0.05) is 29.7 Å².